The van der Waals surface area contributed by atoms with Crippen LogP contribution in [0.4, 0.5) is 5.82 Å². The third-order valence-electron chi connectivity index (χ3n) is 1.34. The fourth-order valence-corrected chi connectivity index (χ4v) is 1.68. The Labute approximate surface area is 67.9 Å². The first-order chi connectivity index (χ1) is 5.58. The topological polar surface area (TPSA) is 113 Å². The third kappa shape index (κ3) is 0.925. The lowest BCUT2D eigenvalue weighted by Crippen LogP contribution is -2.26. The summed E-state index contributed by atoms with van der Waals surface area (Å²) in [5, 5.41) is 0. The molecule has 2 heterocycles. The van der Waals surface area contributed by atoms with Gasteiger partial charge in [-0.1, -0.05) is 0 Å². The number of anilines is 1. The van der Waals surface area contributed by atoms with Gasteiger partial charge in [0.2, 0.25) is 0 Å². The van der Waals surface area contributed by atoms with Crippen molar-refractivity contribution in [1.82, 2.24) is 9.97 Å². The van der Waals surface area contributed by atoms with Crippen LogP contribution in [0.5, 0.6) is 0 Å². The molecule has 0 bridgehead atoms. The summed E-state index contributed by atoms with van der Waals surface area (Å²) >= 11 is 0. The molecule has 12 heavy (non-hydrogen) atoms. The molecule has 0 aromatic carbocycles. The summed E-state index contributed by atoms with van der Waals surface area (Å²) in [6, 6.07) is 0. The van der Waals surface area contributed by atoms with Gasteiger partial charge >= 0.3 is 10.2 Å². The van der Waals surface area contributed by atoms with Crippen molar-refractivity contribution in [3.05, 3.63) is 12.0 Å². The van der Waals surface area contributed by atoms with Crippen molar-refractivity contribution in [2.75, 3.05) is 4.72 Å². The molecular weight excluding hydrogens is 182 g/mol. The lowest BCUT2D eigenvalue weighted by atomic mass is 10.4. The molecule has 0 aliphatic carbocycles. The van der Waals surface area contributed by atoms with E-state index in [0.29, 0.717) is 5.69 Å². The van der Waals surface area contributed by atoms with Crippen LogP contribution in [-0.2, 0) is 10.2 Å². The van der Waals surface area contributed by atoms with Crippen molar-refractivity contribution in [3.63, 3.8) is 0 Å². The van der Waals surface area contributed by atoms with Crippen LogP contribution in [0.3, 0.4) is 0 Å². The van der Waals surface area contributed by atoms with E-state index < -0.39 is 10.2 Å². The van der Waals surface area contributed by atoms with Crippen LogP contribution in [0, 0.1) is 0 Å². The Hall–Kier alpha value is -1.57. The highest BCUT2D eigenvalue weighted by molar-refractivity contribution is 7.91. The monoisotopic (exact) mass is 187 g/mol. The zero-order valence-electron chi connectivity index (χ0n) is 5.77. The maximum Gasteiger partial charge on any atom is 0.345 e. The van der Waals surface area contributed by atoms with Gasteiger partial charge in [-0.05, 0) is 0 Å². The molecule has 0 unspecified atom stereocenters. The van der Waals surface area contributed by atoms with Gasteiger partial charge in [-0.3, -0.25) is 0 Å². The van der Waals surface area contributed by atoms with Gasteiger partial charge < -0.3 is 10.7 Å². The number of nitrogens with one attached hydrogen (secondary N) is 2. The SMILES string of the molecule is NC1=NS(=O)(=O)Nc2nc[nH]c21. The van der Waals surface area contributed by atoms with Gasteiger partial charge in [-0.25, -0.2) is 9.71 Å². The molecule has 64 valence electrons. The molecule has 1 aromatic heterocycles. The van der Waals surface area contributed by atoms with Crippen molar-refractivity contribution >= 4 is 21.9 Å². The van der Waals surface area contributed by atoms with Crippen LogP contribution in [0.1, 0.15) is 5.69 Å². The van der Waals surface area contributed by atoms with Crippen molar-refractivity contribution in [3.8, 4) is 0 Å². The second-order valence-electron chi connectivity index (χ2n) is 2.18. The minimum Gasteiger partial charge on any atom is -0.381 e. The number of rotatable bonds is 0. The van der Waals surface area contributed by atoms with Crippen LogP contribution >= 0.6 is 0 Å². The molecule has 0 fully saturated rings. The predicted octanol–water partition coefficient (Wildman–Crippen LogP) is -1.21. The Morgan fingerprint density at radius 3 is 3.00 bits per heavy atom. The first kappa shape index (κ1) is 7.10. The maximum absolute atomic E-state index is 10.9. The highest BCUT2D eigenvalue weighted by Gasteiger charge is 2.22. The van der Waals surface area contributed by atoms with E-state index in [1.807, 2.05) is 0 Å². The number of amidine groups is 1. The van der Waals surface area contributed by atoms with Gasteiger partial charge in [0.25, 0.3) is 0 Å². The molecule has 4 N–H and O–H groups in total. The first-order valence-corrected chi connectivity index (χ1v) is 4.44. The van der Waals surface area contributed by atoms with Crippen molar-refractivity contribution < 1.29 is 8.42 Å². The average Bonchev–Trinajstić information content (AvgIpc) is 2.31. The molecule has 2 rings (SSSR count). The Kier molecular flexibility index (Phi) is 1.17. The van der Waals surface area contributed by atoms with Crippen LogP contribution in [0.2, 0.25) is 0 Å². The fraction of sp³-hybridized carbons (Fsp3) is 0. The van der Waals surface area contributed by atoms with E-state index in [2.05, 4.69) is 19.1 Å². The van der Waals surface area contributed by atoms with E-state index in [1.165, 1.54) is 6.33 Å². The van der Waals surface area contributed by atoms with E-state index in [-0.39, 0.29) is 11.7 Å². The Morgan fingerprint density at radius 2 is 2.25 bits per heavy atom. The lowest BCUT2D eigenvalue weighted by Gasteiger charge is -2.08. The molecule has 1 aromatic rings. The molecule has 0 saturated carbocycles. The molecule has 0 amide bonds. The smallest absolute Gasteiger partial charge is 0.345 e. The highest BCUT2D eigenvalue weighted by atomic mass is 32.2. The maximum atomic E-state index is 10.9. The molecule has 0 spiro atoms. The second kappa shape index (κ2) is 1.97. The summed E-state index contributed by atoms with van der Waals surface area (Å²) < 4.78 is 27.1. The quantitative estimate of drug-likeness (QED) is 0.472. The van der Waals surface area contributed by atoms with E-state index >= 15 is 0 Å². The third-order valence-corrected chi connectivity index (χ3v) is 2.23. The van der Waals surface area contributed by atoms with Gasteiger partial charge in [-0.2, -0.15) is 8.42 Å². The summed E-state index contributed by atoms with van der Waals surface area (Å²) in [7, 11) is -3.68. The van der Waals surface area contributed by atoms with Crippen molar-refractivity contribution in [1.29, 1.82) is 0 Å². The van der Waals surface area contributed by atoms with Gasteiger partial charge in [-0.15, -0.1) is 4.40 Å². The lowest BCUT2D eigenvalue weighted by molar-refractivity contribution is 0.602. The number of aromatic nitrogens is 2. The summed E-state index contributed by atoms with van der Waals surface area (Å²) in [4.78, 5) is 6.35. The van der Waals surface area contributed by atoms with Crippen molar-refractivity contribution in [2.45, 2.75) is 0 Å². The Balaban J connectivity index is 2.67. The first-order valence-electron chi connectivity index (χ1n) is 3.00. The van der Waals surface area contributed by atoms with Gasteiger partial charge in [0.1, 0.15) is 5.69 Å². The van der Waals surface area contributed by atoms with E-state index in [4.69, 9.17) is 5.73 Å². The second-order valence-corrected chi connectivity index (χ2v) is 3.52. The van der Waals surface area contributed by atoms with E-state index in [0.717, 1.165) is 0 Å². The standard InChI is InChI=1S/C4H5N5O2S/c5-3-2-4(7-1-6-2)9-12(10,11)8-3/h1,9H,(H2,5,8)(H,6,7). The molecule has 1 aliphatic rings. The van der Waals surface area contributed by atoms with Crippen LogP contribution in [0.25, 0.3) is 0 Å². The van der Waals surface area contributed by atoms with E-state index in [9.17, 15) is 8.42 Å². The summed E-state index contributed by atoms with van der Waals surface area (Å²) in [5.41, 5.74) is 5.72. The van der Waals surface area contributed by atoms with Crippen LogP contribution < -0.4 is 10.5 Å². The summed E-state index contributed by atoms with van der Waals surface area (Å²) in [6.45, 7) is 0. The van der Waals surface area contributed by atoms with E-state index in [1.54, 1.807) is 0 Å². The van der Waals surface area contributed by atoms with Crippen LogP contribution in [0.15, 0.2) is 10.7 Å². The van der Waals surface area contributed by atoms with Gasteiger partial charge in [0, 0.05) is 0 Å². The van der Waals surface area contributed by atoms with Crippen molar-refractivity contribution in [2.24, 2.45) is 10.1 Å². The average molecular weight is 187 g/mol. The molecule has 1 aliphatic heterocycles. The number of hydrogen-bond acceptors (Lipinski definition) is 4. The fourth-order valence-electron chi connectivity index (χ4n) is 0.887. The molecule has 0 radical (unpaired) electrons. The predicted molar refractivity (Wildman–Crippen MR) is 41.9 cm³/mol. The number of nitrogens with two attached hydrogens (primary N) is 1. The molecular formula is C4H5N5O2S. The minimum atomic E-state index is -3.68. The minimum absolute atomic E-state index is 0.0822. The summed E-state index contributed by atoms with van der Waals surface area (Å²) in [6.07, 6.45) is 1.33. The number of imidazole rings is 1. The van der Waals surface area contributed by atoms with Crippen LogP contribution in [-0.4, -0.2) is 24.2 Å². The Bertz CT molecular complexity index is 444. The molecule has 8 heteroatoms. The zero-order chi connectivity index (χ0) is 8.77. The number of hydrogen-bond donors (Lipinski definition) is 3. The largest absolute Gasteiger partial charge is 0.381 e. The normalized spacial score (nSPS) is 19.2. The number of H-pyrrole nitrogens is 1. The highest BCUT2D eigenvalue weighted by Crippen LogP contribution is 2.16. The molecule has 7 nitrogen and oxygen atoms in total. The summed E-state index contributed by atoms with van der Waals surface area (Å²) in [5.74, 6) is 0.101. The zero-order valence-corrected chi connectivity index (χ0v) is 6.59. The number of aromatic amines is 1. The number of nitrogens with zero attached hydrogens (tertiary/aromatic N) is 2. The molecule has 0 atom stereocenters. The van der Waals surface area contributed by atoms with Gasteiger partial charge in [0.05, 0.1) is 6.33 Å². The number of fused-ring (bicyclic) bond motifs is 1. The molecule has 0 saturated heterocycles. The Morgan fingerprint density at radius 1 is 1.50 bits per heavy atom. The van der Waals surface area contributed by atoms with Gasteiger partial charge in [0.15, 0.2) is 11.7 Å².